The molecule has 0 aliphatic rings. The number of rotatable bonds is 8. The van der Waals surface area contributed by atoms with Gasteiger partial charge < -0.3 is 10.2 Å². The van der Waals surface area contributed by atoms with E-state index in [-0.39, 0.29) is 30.8 Å². The Labute approximate surface area is 197 Å². The van der Waals surface area contributed by atoms with Crippen LogP contribution in [-0.4, -0.2) is 28.8 Å². The molecule has 0 aromatic heterocycles. The number of hydrogen-bond donors (Lipinski definition) is 1. The van der Waals surface area contributed by atoms with Crippen molar-refractivity contribution in [2.24, 2.45) is 0 Å². The minimum Gasteiger partial charge on any atom is -0.352 e. The van der Waals surface area contributed by atoms with E-state index >= 15 is 0 Å². The van der Waals surface area contributed by atoms with Gasteiger partial charge in [-0.05, 0) is 55.7 Å². The fourth-order valence-electron chi connectivity index (χ4n) is 2.81. The first-order valence-corrected chi connectivity index (χ1v) is 11.1. The Hall–Kier alpha value is -1.46. The number of benzene rings is 2. The van der Waals surface area contributed by atoms with Crippen LogP contribution in [0, 0.1) is 0 Å². The van der Waals surface area contributed by atoms with Crippen LogP contribution in [-0.2, 0) is 22.6 Å². The van der Waals surface area contributed by atoms with E-state index < -0.39 is 6.04 Å². The monoisotopic (exact) mass is 488 g/mol. The van der Waals surface area contributed by atoms with Gasteiger partial charge in [-0.25, -0.2) is 0 Å². The Bertz CT molecular complexity index is 920. The third-order valence-corrected chi connectivity index (χ3v) is 6.05. The van der Waals surface area contributed by atoms with Crippen molar-refractivity contribution in [3.05, 3.63) is 67.6 Å². The molecule has 0 fully saturated rings. The standard InChI is InChI=1S/C22H24Cl4N2O2/c1-4-13(2)27-22(30)14(3)28(12-16-6-8-18(24)11-20(16)26)21(29)9-15-5-7-17(23)10-19(15)25/h5-8,10-11,13-14H,4,9,12H2,1-3H3,(H,27,30)/t13-,14-/m1/s1. The van der Waals surface area contributed by atoms with Crippen LogP contribution >= 0.6 is 46.4 Å². The Balaban J connectivity index is 2.31. The molecule has 0 saturated heterocycles. The summed E-state index contributed by atoms with van der Waals surface area (Å²) in [6.45, 7) is 5.76. The zero-order chi connectivity index (χ0) is 22.4. The van der Waals surface area contributed by atoms with Gasteiger partial charge in [0.15, 0.2) is 0 Å². The van der Waals surface area contributed by atoms with Crippen molar-refractivity contribution < 1.29 is 9.59 Å². The highest BCUT2D eigenvalue weighted by molar-refractivity contribution is 6.35. The Morgan fingerprint density at radius 3 is 1.97 bits per heavy atom. The van der Waals surface area contributed by atoms with Crippen molar-refractivity contribution in [1.82, 2.24) is 10.2 Å². The van der Waals surface area contributed by atoms with Crippen molar-refractivity contribution in [1.29, 1.82) is 0 Å². The van der Waals surface area contributed by atoms with Gasteiger partial charge in [0.05, 0.1) is 6.42 Å². The van der Waals surface area contributed by atoms with E-state index in [4.69, 9.17) is 46.4 Å². The number of amides is 2. The Morgan fingerprint density at radius 2 is 1.47 bits per heavy atom. The summed E-state index contributed by atoms with van der Waals surface area (Å²) in [6.07, 6.45) is 0.817. The summed E-state index contributed by atoms with van der Waals surface area (Å²) in [6, 6.07) is 9.33. The molecule has 1 N–H and O–H groups in total. The number of carbonyl (C=O) groups is 2. The van der Waals surface area contributed by atoms with E-state index in [1.54, 1.807) is 43.3 Å². The van der Waals surface area contributed by atoms with Gasteiger partial charge in [0.2, 0.25) is 11.8 Å². The molecule has 0 aliphatic heterocycles. The van der Waals surface area contributed by atoms with Crippen LogP contribution in [0.2, 0.25) is 20.1 Å². The third kappa shape index (κ3) is 6.78. The number of halogens is 4. The molecule has 4 nitrogen and oxygen atoms in total. The first kappa shape index (κ1) is 24.8. The Morgan fingerprint density at radius 1 is 0.933 bits per heavy atom. The van der Waals surface area contributed by atoms with Crippen LogP contribution < -0.4 is 5.32 Å². The first-order chi connectivity index (χ1) is 14.1. The molecule has 0 bridgehead atoms. The van der Waals surface area contributed by atoms with Crippen LogP contribution in [0.3, 0.4) is 0 Å². The van der Waals surface area contributed by atoms with Gasteiger partial charge >= 0.3 is 0 Å². The third-order valence-electron chi connectivity index (χ3n) is 4.88. The average molecular weight is 490 g/mol. The molecule has 0 heterocycles. The molecule has 2 rings (SSSR count). The zero-order valence-corrected chi connectivity index (χ0v) is 20.0. The van der Waals surface area contributed by atoms with Crippen molar-refractivity contribution in [3.63, 3.8) is 0 Å². The van der Waals surface area contributed by atoms with E-state index in [1.807, 2.05) is 13.8 Å². The minimum atomic E-state index is -0.704. The van der Waals surface area contributed by atoms with Crippen molar-refractivity contribution in [2.45, 2.75) is 52.2 Å². The molecule has 0 spiro atoms. The molecule has 2 aromatic rings. The van der Waals surface area contributed by atoms with Crippen molar-refractivity contribution >= 4 is 58.2 Å². The number of nitrogens with zero attached hydrogens (tertiary/aromatic N) is 1. The summed E-state index contributed by atoms with van der Waals surface area (Å²) in [5, 5.41) is 4.74. The Kier molecular flexibility index (Phi) is 9.30. The molecule has 2 amide bonds. The maximum atomic E-state index is 13.2. The molecule has 2 atom stereocenters. The number of hydrogen-bond acceptors (Lipinski definition) is 2. The van der Waals surface area contributed by atoms with Gasteiger partial charge in [-0.1, -0.05) is 65.5 Å². The molecule has 0 radical (unpaired) electrons. The zero-order valence-electron chi connectivity index (χ0n) is 17.0. The lowest BCUT2D eigenvalue weighted by Gasteiger charge is -2.30. The summed E-state index contributed by atoms with van der Waals surface area (Å²) in [5.41, 5.74) is 1.33. The van der Waals surface area contributed by atoms with Gasteiger partial charge in [0, 0.05) is 32.7 Å². The van der Waals surface area contributed by atoms with E-state index in [9.17, 15) is 9.59 Å². The topological polar surface area (TPSA) is 49.4 Å². The molecular formula is C22H24Cl4N2O2. The van der Waals surface area contributed by atoms with Crippen LogP contribution in [0.1, 0.15) is 38.3 Å². The van der Waals surface area contributed by atoms with Crippen molar-refractivity contribution in [3.8, 4) is 0 Å². The first-order valence-electron chi connectivity index (χ1n) is 9.60. The second kappa shape index (κ2) is 11.2. The highest BCUT2D eigenvalue weighted by Gasteiger charge is 2.27. The molecule has 2 aromatic carbocycles. The minimum absolute atomic E-state index is 0.00160. The fourth-order valence-corrected chi connectivity index (χ4v) is 3.75. The molecular weight excluding hydrogens is 466 g/mol. The molecule has 30 heavy (non-hydrogen) atoms. The van der Waals surface area contributed by atoms with Crippen LogP contribution in [0.4, 0.5) is 0 Å². The molecule has 162 valence electrons. The summed E-state index contributed by atoms with van der Waals surface area (Å²) < 4.78 is 0. The molecule has 0 saturated carbocycles. The maximum Gasteiger partial charge on any atom is 0.242 e. The predicted octanol–water partition coefficient (Wildman–Crippen LogP) is 6.17. The van der Waals surface area contributed by atoms with E-state index in [0.717, 1.165) is 6.42 Å². The smallest absolute Gasteiger partial charge is 0.242 e. The molecule has 8 heteroatoms. The number of nitrogens with one attached hydrogen (secondary N) is 1. The fraction of sp³-hybridized carbons (Fsp3) is 0.364. The van der Waals surface area contributed by atoms with Gasteiger partial charge in [0.1, 0.15) is 6.04 Å². The summed E-state index contributed by atoms with van der Waals surface area (Å²) >= 11 is 24.5. The summed E-state index contributed by atoms with van der Waals surface area (Å²) in [4.78, 5) is 27.5. The highest BCUT2D eigenvalue weighted by atomic mass is 35.5. The quantitative estimate of drug-likeness (QED) is 0.481. The van der Waals surface area contributed by atoms with Crippen LogP contribution in [0.15, 0.2) is 36.4 Å². The highest BCUT2D eigenvalue weighted by Crippen LogP contribution is 2.25. The molecule has 0 aliphatic carbocycles. The SMILES string of the molecule is CC[C@@H](C)NC(=O)[C@@H](C)N(Cc1ccc(Cl)cc1Cl)C(=O)Cc1ccc(Cl)cc1Cl. The van der Waals surface area contributed by atoms with Gasteiger partial charge in [-0.3, -0.25) is 9.59 Å². The lowest BCUT2D eigenvalue weighted by atomic mass is 10.1. The normalized spacial score (nSPS) is 12.9. The average Bonchev–Trinajstić information content (AvgIpc) is 2.68. The van der Waals surface area contributed by atoms with Crippen LogP contribution in [0.25, 0.3) is 0 Å². The second-order valence-electron chi connectivity index (χ2n) is 7.16. The van der Waals surface area contributed by atoms with Gasteiger partial charge in [-0.15, -0.1) is 0 Å². The largest absolute Gasteiger partial charge is 0.352 e. The van der Waals surface area contributed by atoms with Crippen molar-refractivity contribution in [2.75, 3.05) is 0 Å². The van der Waals surface area contributed by atoms with E-state index in [1.165, 1.54) is 4.90 Å². The summed E-state index contributed by atoms with van der Waals surface area (Å²) in [5.74, 6) is -0.484. The predicted molar refractivity (Wildman–Crippen MR) is 125 cm³/mol. The lowest BCUT2D eigenvalue weighted by Crippen LogP contribution is -2.50. The van der Waals surface area contributed by atoms with E-state index in [2.05, 4.69) is 5.32 Å². The van der Waals surface area contributed by atoms with E-state index in [0.29, 0.717) is 31.2 Å². The second-order valence-corrected chi connectivity index (χ2v) is 8.85. The van der Waals surface area contributed by atoms with Crippen LogP contribution in [0.5, 0.6) is 0 Å². The summed E-state index contributed by atoms with van der Waals surface area (Å²) in [7, 11) is 0. The molecule has 0 unspecified atom stereocenters. The lowest BCUT2D eigenvalue weighted by molar-refractivity contribution is -0.140. The van der Waals surface area contributed by atoms with Gasteiger partial charge in [-0.2, -0.15) is 0 Å². The van der Waals surface area contributed by atoms with Gasteiger partial charge in [0.25, 0.3) is 0 Å². The maximum absolute atomic E-state index is 13.2. The number of carbonyl (C=O) groups excluding carboxylic acids is 2.